The number of aliphatic hydroxyl groups excluding tert-OH is 3. The maximum atomic E-state index is 12.4. The molecule has 0 bridgehead atoms. The Balaban J connectivity index is 3.20. The van der Waals surface area contributed by atoms with E-state index in [9.17, 15) is 29.9 Å². The Labute approximate surface area is 145 Å². The van der Waals surface area contributed by atoms with E-state index in [-0.39, 0.29) is 5.01 Å². The Hall–Kier alpha value is -2.85. The topological polar surface area (TPSA) is 267 Å². The molecule has 11 N–H and O–H groups in total. The van der Waals surface area contributed by atoms with Crippen LogP contribution in [0.4, 0.5) is 0 Å². The van der Waals surface area contributed by atoms with Crippen molar-refractivity contribution in [3.63, 3.8) is 0 Å². The molecule has 26 heavy (non-hydrogen) atoms. The zero-order valence-electron chi connectivity index (χ0n) is 13.3. The van der Waals surface area contributed by atoms with Gasteiger partial charge in [-0.3, -0.25) is 20.3 Å². The van der Waals surface area contributed by atoms with E-state index in [4.69, 9.17) is 32.9 Å². The second kappa shape index (κ2) is 8.50. The maximum absolute atomic E-state index is 12.4. The van der Waals surface area contributed by atoms with Crippen LogP contribution in [0, 0.1) is 10.1 Å². The van der Waals surface area contributed by atoms with Crippen molar-refractivity contribution >= 4 is 17.5 Å². The zero-order valence-corrected chi connectivity index (χ0v) is 13.3. The van der Waals surface area contributed by atoms with Gasteiger partial charge in [-0.05, 0) is 4.92 Å². The number of aliphatic imine (C=N–C) groups is 1. The number of aliphatic hydroxyl groups is 3. The minimum Gasteiger partial charge on any atom is -0.394 e. The Morgan fingerprint density at radius 2 is 1.81 bits per heavy atom. The summed E-state index contributed by atoms with van der Waals surface area (Å²) >= 11 is 0. The van der Waals surface area contributed by atoms with Gasteiger partial charge in [0, 0.05) is 0 Å². The van der Waals surface area contributed by atoms with Crippen molar-refractivity contribution < 1.29 is 34.6 Å². The third-order valence-electron chi connectivity index (χ3n) is 3.35. The van der Waals surface area contributed by atoms with Crippen LogP contribution in [0.1, 0.15) is 0 Å². The van der Waals surface area contributed by atoms with Gasteiger partial charge in [0.1, 0.15) is 24.9 Å². The lowest BCUT2D eigenvalue weighted by atomic mass is 10.1. The van der Waals surface area contributed by atoms with Crippen LogP contribution in [0.2, 0.25) is 0 Å². The largest absolute Gasteiger partial charge is 0.394 e. The monoisotopic (exact) mass is 377 g/mol. The van der Waals surface area contributed by atoms with Gasteiger partial charge in [0.25, 0.3) is 5.91 Å². The molecule has 0 saturated carbocycles. The summed E-state index contributed by atoms with van der Waals surface area (Å²) in [7, 11) is 0. The molecule has 0 radical (unpaired) electrons. The van der Waals surface area contributed by atoms with Gasteiger partial charge in [0.15, 0.2) is 17.6 Å². The van der Waals surface area contributed by atoms with Crippen molar-refractivity contribution in [1.82, 2.24) is 5.01 Å². The van der Waals surface area contributed by atoms with E-state index < -0.39 is 71.7 Å². The SMILES string of the molecule is NC(=O)CN=C(C(=O)N(N)C1OC(CO)C(O)C1O)/C(N)=C(\N)[N+](=O)[O-]. The molecule has 0 aromatic heterocycles. The number of ether oxygens (including phenoxy) is 1. The van der Waals surface area contributed by atoms with E-state index >= 15 is 0 Å². The molecular formula is C11H19N7O8. The number of hydrazine groups is 1. The Morgan fingerprint density at radius 3 is 2.23 bits per heavy atom. The molecule has 1 rings (SSSR count). The number of amides is 2. The number of carbonyl (C=O) groups is 2. The highest BCUT2D eigenvalue weighted by molar-refractivity contribution is 6.45. The molecule has 0 spiro atoms. The van der Waals surface area contributed by atoms with Crippen LogP contribution in [-0.2, 0) is 14.3 Å². The fraction of sp³-hybridized carbons (Fsp3) is 0.545. The summed E-state index contributed by atoms with van der Waals surface area (Å²) in [5.74, 6) is 2.09. The van der Waals surface area contributed by atoms with Crippen LogP contribution < -0.4 is 23.0 Å². The molecule has 146 valence electrons. The lowest BCUT2D eigenvalue weighted by Gasteiger charge is -2.26. The lowest BCUT2D eigenvalue weighted by molar-refractivity contribution is -0.427. The summed E-state index contributed by atoms with van der Waals surface area (Å²) in [5.41, 5.74) is 13.7. The van der Waals surface area contributed by atoms with E-state index in [2.05, 4.69) is 4.99 Å². The van der Waals surface area contributed by atoms with Crippen molar-refractivity contribution in [1.29, 1.82) is 0 Å². The third-order valence-corrected chi connectivity index (χ3v) is 3.35. The van der Waals surface area contributed by atoms with Gasteiger partial charge in [0.05, 0.1) is 6.61 Å². The highest BCUT2D eigenvalue weighted by Gasteiger charge is 2.46. The first-order chi connectivity index (χ1) is 12.0. The first kappa shape index (κ1) is 21.2. The van der Waals surface area contributed by atoms with Crippen LogP contribution in [-0.4, -0.2) is 80.5 Å². The van der Waals surface area contributed by atoms with Gasteiger partial charge >= 0.3 is 5.82 Å². The molecular weight excluding hydrogens is 358 g/mol. The lowest BCUT2D eigenvalue weighted by Crippen LogP contribution is -2.54. The maximum Gasteiger partial charge on any atom is 0.339 e. The molecule has 1 aliphatic heterocycles. The predicted octanol–water partition coefficient (Wildman–Crippen LogP) is -5.58. The fourth-order valence-electron chi connectivity index (χ4n) is 1.99. The van der Waals surface area contributed by atoms with E-state index in [0.29, 0.717) is 0 Å². The molecule has 0 aromatic carbocycles. The van der Waals surface area contributed by atoms with Crippen molar-refractivity contribution in [2.75, 3.05) is 13.2 Å². The third kappa shape index (κ3) is 4.41. The molecule has 15 nitrogen and oxygen atoms in total. The van der Waals surface area contributed by atoms with Crippen LogP contribution >= 0.6 is 0 Å². The molecule has 4 atom stereocenters. The normalized spacial score (nSPS) is 27.0. The summed E-state index contributed by atoms with van der Waals surface area (Å²) < 4.78 is 5.04. The average molecular weight is 377 g/mol. The highest BCUT2D eigenvalue weighted by Crippen LogP contribution is 2.22. The first-order valence-electron chi connectivity index (χ1n) is 6.96. The van der Waals surface area contributed by atoms with Gasteiger partial charge in [0.2, 0.25) is 5.91 Å². The number of nitrogens with zero attached hydrogens (tertiary/aromatic N) is 3. The number of rotatable bonds is 7. The van der Waals surface area contributed by atoms with E-state index in [1.165, 1.54) is 0 Å². The predicted molar refractivity (Wildman–Crippen MR) is 82.7 cm³/mol. The Morgan fingerprint density at radius 1 is 1.23 bits per heavy atom. The van der Waals surface area contributed by atoms with Gasteiger partial charge in [-0.2, -0.15) is 0 Å². The van der Waals surface area contributed by atoms with Crippen molar-refractivity contribution in [2.24, 2.45) is 28.0 Å². The Bertz CT molecular complexity index is 650. The molecule has 1 heterocycles. The van der Waals surface area contributed by atoms with Crippen molar-refractivity contribution in [3.05, 3.63) is 21.6 Å². The quantitative estimate of drug-likeness (QED) is 0.0722. The standard InChI is InChI=1S/C11H19N7O8/c12-4(20)1-16-6(5(13)9(14)18(24)25)10(23)17(15)11-8(22)7(21)3(2-19)26-11/h3,7-8,11,19,21-22H,1-2,13-15H2,(H2,12,20)/b9-5-,16-6?. The number of hydrogen-bond donors (Lipinski definition) is 7. The summed E-state index contributed by atoms with van der Waals surface area (Å²) in [4.78, 5) is 36.4. The van der Waals surface area contributed by atoms with Crippen LogP contribution in [0.3, 0.4) is 0 Å². The van der Waals surface area contributed by atoms with Crippen LogP contribution in [0.15, 0.2) is 16.5 Å². The van der Waals surface area contributed by atoms with E-state index in [0.717, 1.165) is 0 Å². The minimum absolute atomic E-state index is 0.240. The number of nitrogens with two attached hydrogens (primary N) is 4. The molecule has 15 heteroatoms. The molecule has 1 aliphatic rings. The summed E-state index contributed by atoms with van der Waals surface area (Å²) in [6.45, 7) is -1.45. The zero-order chi connectivity index (χ0) is 20.2. The molecule has 2 amide bonds. The number of primary amides is 1. The van der Waals surface area contributed by atoms with Crippen molar-refractivity contribution in [3.8, 4) is 0 Å². The smallest absolute Gasteiger partial charge is 0.339 e. The van der Waals surface area contributed by atoms with Gasteiger partial charge in [-0.15, -0.1) is 0 Å². The van der Waals surface area contributed by atoms with Crippen molar-refractivity contribution in [2.45, 2.75) is 24.5 Å². The molecule has 1 fully saturated rings. The van der Waals surface area contributed by atoms with E-state index in [1.54, 1.807) is 0 Å². The molecule has 1 saturated heterocycles. The van der Waals surface area contributed by atoms with Crippen LogP contribution in [0.5, 0.6) is 0 Å². The number of carbonyl (C=O) groups excluding carboxylic acids is 2. The summed E-state index contributed by atoms with van der Waals surface area (Å²) in [6, 6.07) is 0. The summed E-state index contributed by atoms with van der Waals surface area (Å²) in [5, 5.41) is 39.5. The molecule has 0 aromatic rings. The first-order valence-corrected chi connectivity index (χ1v) is 6.96. The van der Waals surface area contributed by atoms with Crippen LogP contribution in [0.25, 0.3) is 0 Å². The molecule has 0 aliphatic carbocycles. The fourth-order valence-corrected chi connectivity index (χ4v) is 1.99. The van der Waals surface area contributed by atoms with Gasteiger partial charge in [-0.1, -0.05) is 0 Å². The number of hydrogen-bond acceptors (Lipinski definition) is 12. The van der Waals surface area contributed by atoms with Gasteiger partial charge < -0.3 is 41.6 Å². The second-order valence-corrected chi connectivity index (χ2v) is 5.13. The highest BCUT2D eigenvalue weighted by atomic mass is 16.6. The van der Waals surface area contributed by atoms with E-state index in [1.807, 2.05) is 0 Å². The summed E-state index contributed by atoms with van der Waals surface area (Å²) in [6.07, 6.45) is -6.15. The second-order valence-electron chi connectivity index (χ2n) is 5.13. The Kier molecular flexibility index (Phi) is 6.93. The van der Waals surface area contributed by atoms with Gasteiger partial charge in [-0.25, -0.2) is 10.9 Å². The average Bonchev–Trinajstić information content (AvgIpc) is 2.87. The number of nitro groups is 1. The minimum atomic E-state index is -1.71. The molecule has 4 unspecified atom stereocenters.